The van der Waals surface area contributed by atoms with Gasteiger partial charge in [-0.05, 0) is 31.7 Å². The largest absolute Gasteiger partial charge is 0.489 e. The first kappa shape index (κ1) is 13.0. The molecule has 1 aliphatic rings. The Balaban J connectivity index is 1.87. The highest BCUT2D eigenvalue weighted by molar-refractivity contribution is 5.39. The van der Waals surface area contributed by atoms with E-state index >= 15 is 0 Å². The van der Waals surface area contributed by atoms with Gasteiger partial charge in [-0.15, -0.1) is 0 Å². The normalized spacial score (nSPS) is 20.9. The Morgan fingerprint density at radius 3 is 2.65 bits per heavy atom. The van der Waals surface area contributed by atoms with Crippen LogP contribution in [0, 0.1) is 6.92 Å². The van der Waals surface area contributed by atoms with Crippen molar-refractivity contribution in [1.82, 2.24) is 5.32 Å². The monoisotopic (exact) mass is 269 g/mol. The number of hydrogen-bond acceptors (Lipinski definition) is 3. The molecule has 3 heteroatoms. The Labute approximate surface area is 119 Å². The first-order valence-electron chi connectivity index (χ1n) is 6.91. The molecule has 1 N–H and O–H groups in total. The predicted octanol–water partition coefficient (Wildman–Crippen LogP) is 3.10. The highest BCUT2D eigenvalue weighted by Crippen LogP contribution is 2.34. The Morgan fingerprint density at radius 2 is 1.85 bits per heavy atom. The number of ether oxygens (including phenoxy) is 2. The van der Waals surface area contributed by atoms with Gasteiger partial charge in [-0.1, -0.05) is 36.4 Å². The molecule has 20 heavy (non-hydrogen) atoms. The molecule has 0 bridgehead atoms. The molecule has 3 nitrogen and oxygen atoms in total. The van der Waals surface area contributed by atoms with Gasteiger partial charge in [0.1, 0.15) is 18.1 Å². The van der Waals surface area contributed by atoms with Gasteiger partial charge >= 0.3 is 0 Å². The van der Waals surface area contributed by atoms with Crippen LogP contribution in [0.3, 0.4) is 0 Å². The van der Waals surface area contributed by atoms with Crippen LogP contribution in [0.4, 0.5) is 0 Å². The van der Waals surface area contributed by atoms with Crippen LogP contribution >= 0.6 is 0 Å². The van der Waals surface area contributed by atoms with Crippen molar-refractivity contribution in [2.24, 2.45) is 0 Å². The first-order valence-corrected chi connectivity index (χ1v) is 6.91. The van der Waals surface area contributed by atoms with Gasteiger partial charge in [0.25, 0.3) is 0 Å². The van der Waals surface area contributed by atoms with E-state index in [0.717, 1.165) is 22.6 Å². The number of para-hydroxylation sites is 2. The van der Waals surface area contributed by atoms with Gasteiger partial charge in [0, 0.05) is 5.56 Å². The summed E-state index contributed by atoms with van der Waals surface area (Å²) in [4.78, 5) is 0. The summed E-state index contributed by atoms with van der Waals surface area (Å²) in [6, 6.07) is 16.3. The third-order valence-electron chi connectivity index (χ3n) is 3.71. The van der Waals surface area contributed by atoms with E-state index in [4.69, 9.17) is 9.47 Å². The Bertz CT molecular complexity index is 597. The molecule has 0 saturated carbocycles. The van der Waals surface area contributed by atoms with Crippen LogP contribution < -0.4 is 14.8 Å². The summed E-state index contributed by atoms with van der Waals surface area (Å²) < 4.78 is 12.0. The van der Waals surface area contributed by atoms with E-state index < -0.39 is 0 Å². The third-order valence-corrected chi connectivity index (χ3v) is 3.71. The maximum atomic E-state index is 6.16. The smallest absolute Gasteiger partial charge is 0.152 e. The zero-order chi connectivity index (χ0) is 13.9. The lowest BCUT2D eigenvalue weighted by Crippen LogP contribution is -2.41. The lowest BCUT2D eigenvalue weighted by Gasteiger charge is -2.33. The van der Waals surface area contributed by atoms with Crippen molar-refractivity contribution in [3.8, 4) is 11.5 Å². The molecule has 104 valence electrons. The molecule has 3 rings (SSSR count). The summed E-state index contributed by atoms with van der Waals surface area (Å²) in [5.74, 6) is 1.86. The number of hydrogen-bond donors (Lipinski definition) is 1. The van der Waals surface area contributed by atoms with Crippen molar-refractivity contribution < 1.29 is 9.47 Å². The fourth-order valence-electron chi connectivity index (χ4n) is 2.63. The van der Waals surface area contributed by atoms with Crippen LogP contribution in [0.15, 0.2) is 48.5 Å². The predicted molar refractivity (Wildman–Crippen MR) is 79.3 cm³/mol. The minimum absolute atomic E-state index is 0.0315. The average molecular weight is 269 g/mol. The average Bonchev–Trinajstić information content (AvgIpc) is 2.49. The van der Waals surface area contributed by atoms with E-state index in [9.17, 15) is 0 Å². The van der Waals surface area contributed by atoms with Gasteiger partial charge in [-0.3, -0.25) is 0 Å². The number of rotatable bonds is 3. The third kappa shape index (κ3) is 2.37. The van der Waals surface area contributed by atoms with Gasteiger partial charge in [0.2, 0.25) is 0 Å². The lowest BCUT2D eigenvalue weighted by atomic mass is 9.98. The fraction of sp³-hybridized carbons (Fsp3) is 0.294. The van der Waals surface area contributed by atoms with E-state index in [1.807, 2.05) is 43.4 Å². The van der Waals surface area contributed by atoms with E-state index in [0.29, 0.717) is 6.61 Å². The Morgan fingerprint density at radius 1 is 1.10 bits per heavy atom. The van der Waals surface area contributed by atoms with Crippen LogP contribution in [-0.2, 0) is 0 Å². The van der Waals surface area contributed by atoms with Crippen molar-refractivity contribution in [3.05, 3.63) is 59.7 Å². The van der Waals surface area contributed by atoms with Crippen molar-refractivity contribution in [3.63, 3.8) is 0 Å². The van der Waals surface area contributed by atoms with Crippen molar-refractivity contribution >= 4 is 0 Å². The van der Waals surface area contributed by atoms with Gasteiger partial charge in [-0.2, -0.15) is 0 Å². The standard InChI is InChI=1S/C17H19NO2/c1-12-7-3-5-9-14(12)20-16-11-19-15-10-6-4-8-13(15)17(16)18-2/h3-10,16-18H,11H2,1-2H3. The number of aryl methyl sites for hydroxylation is 1. The molecule has 2 atom stereocenters. The van der Waals surface area contributed by atoms with Gasteiger partial charge in [-0.25, -0.2) is 0 Å². The zero-order valence-corrected chi connectivity index (χ0v) is 11.8. The summed E-state index contributed by atoms with van der Waals surface area (Å²) in [5.41, 5.74) is 2.29. The lowest BCUT2D eigenvalue weighted by molar-refractivity contribution is 0.0768. The molecule has 2 unspecified atom stereocenters. The molecule has 0 radical (unpaired) electrons. The SMILES string of the molecule is CNC1c2ccccc2OCC1Oc1ccccc1C. The molecule has 2 aromatic carbocycles. The van der Waals surface area contributed by atoms with Crippen molar-refractivity contribution in [2.45, 2.75) is 19.1 Å². The highest BCUT2D eigenvalue weighted by atomic mass is 16.5. The summed E-state index contributed by atoms with van der Waals surface area (Å²) in [5, 5.41) is 3.34. The summed E-state index contributed by atoms with van der Waals surface area (Å²) >= 11 is 0. The summed E-state index contributed by atoms with van der Waals surface area (Å²) in [7, 11) is 1.96. The molecule has 1 aliphatic heterocycles. The zero-order valence-electron chi connectivity index (χ0n) is 11.8. The van der Waals surface area contributed by atoms with Crippen LogP contribution in [0.5, 0.6) is 11.5 Å². The first-order chi connectivity index (χ1) is 9.79. The number of nitrogens with one attached hydrogen (secondary N) is 1. The van der Waals surface area contributed by atoms with E-state index in [1.54, 1.807) is 0 Å². The number of benzene rings is 2. The molecule has 0 aromatic heterocycles. The van der Waals surface area contributed by atoms with Crippen molar-refractivity contribution in [1.29, 1.82) is 0 Å². The molecule has 0 saturated heterocycles. The molecule has 2 aromatic rings. The number of likely N-dealkylation sites (N-methyl/N-ethyl adjacent to an activating group) is 1. The second-order valence-electron chi connectivity index (χ2n) is 5.04. The van der Waals surface area contributed by atoms with Gasteiger partial charge < -0.3 is 14.8 Å². The Hall–Kier alpha value is -2.00. The maximum Gasteiger partial charge on any atom is 0.152 e. The quantitative estimate of drug-likeness (QED) is 0.928. The summed E-state index contributed by atoms with van der Waals surface area (Å²) in [6.07, 6.45) is -0.0315. The summed E-state index contributed by atoms with van der Waals surface area (Å²) in [6.45, 7) is 2.61. The van der Waals surface area contributed by atoms with E-state index in [1.165, 1.54) is 0 Å². The molecule has 0 aliphatic carbocycles. The van der Waals surface area contributed by atoms with Gasteiger partial charge in [0.15, 0.2) is 6.10 Å². The van der Waals surface area contributed by atoms with Crippen LogP contribution in [0.25, 0.3) is 0 Å². The molecule has 0 fully saturated rings. The fourth-order valence-corrected chi connectivity index (χ4v) is 2.63. The number of fused-ring (bicyclic) bond motifs is 1. The molecule has 0 amide bonds. The van der Waals surface area contributed by atoms with Gasteiger partial charge in [0.05, 0.1) is 6.04 Å². The molecular formula is C17H19NO2. The molecule has 0 spiro atoms. The van der Waals surface area contributed by atoms with E-state index in [-0.39, 0.29) is 12.1 Å². The minimum Gasteiger partial charge on any atom is -0.489 e. The molecular weight excluding hydrogens is 250 g/mol. The topological polar surface area (TPSA) is 30.5 Å². The van der Waals surface area contributed by atoms with Crippen molar-refractivity contribution in [2.75, 3.05) is 13.7 Å². The Kier molecular flexibility index (Phi) is 3.61. The van der Waals surface area contributed by atoms with E-state index in [2.05, 4.69) is 24.4 Å². The minimum atomic E-state index is -0.0315. The second kappa shape index (κ2) is 5.55. The van der Waals surface area contributed by atoms with Crippen LogP contribution in [0.1, 0.15) is 17.2 Å². The highest BCUT2D eigenvalue weighted by Gasteiger charge is 2.31. The molecule has 1 heterocycles. The van der Waals surface area contributed by atoms with Crippen LogP contribution in [0.2, 0.25) is 0 Å². The van der Waals surface area contributed by atoms with Crippen LogP contribution in [-0.4, -0.2) is 19.8 Å². The maximum absolute atomic E-state index is 6.16. The second-order valence-corrected chi connectivity index (χ2v) is 5.04.